The third kappa shape index (κ3) is 12.2. The molecule has 2 aliphatic rings. The summed E-state index contributed by atoms with van der Waals surface area (Å²) < 4.78 is 0. The highest BCUT2D eigenvalue weighted by molar-refractivity contribution is 5.98. The molecule has 4 aromatic carbocycles. The maximum absolute atomic E-state index is 13.6. The maximum atomic E-state index is 13.6. The van der Waals surface area contributed by atoms with E-state index >= 15 is 0 Å². The molecule has 65 heavy (non-hydrogen) atoms. The first-order chi connectivity index (χ1) is 30.7. The molecule has 346 valence electrons. The van der Waals surface area contributed by atoms with Crippen molar-refractivity contribution in [3.8, 4) is 0 Å². The van der Waals surface area contributed by atoms with Gasteiger partial charge in [0.2, 0.25) is 5.91 Å². The number of unbranched alkanes of at least 4 members (excludes halogenated alkanes) is 3. The van der Waals surface area contributed by atoms with E-state index in [2.05, 4.69) is 141 Å². The predicted molar refractivity (Wildman–Crippen MR) is 273 cm³/mol. The first kappa shape index (κ1) is 49.2. The van der Waals surface area contributed by atoms with Gasteiger partial charge in [0, 0.05) is 24.2 Å². The second-order valence-electron chi connectivity index (χ2n) is 21.7. The van der Waals surface area contributed by atoms with Crippen molar-refractivity contribution in [1.29, 1.82) is 0 Å². The zero-order chi connectivity index (χ0) is 47.2. The largest absolute Gasteiger partial charge is 0.354 e. The first-order valence-electron chi connectivity index (χ1n) is 24.4. The molecule has 0 aromatic heterocycles. The summed E-state index contributed by atoms with van der Waals surface area (Å²) in [5.74, 6) is -0.573. The zero-order valence-electron chi connectivity index (χ0n) is 41.5. The van der Waals surface area contributed by atoms with Crippen LogP contribution in [-0.2, 0) is 26.5 Å². The Morgan fingerprint density at radius 2 is 0.908 bits per heavy atom. The molecule has 0 saturated heterocycles. The molecule has 6 heteroatoms. The number of carbonyl (C=O) groups is 3. The van der Waals surface area contributed by atoms with Crippen LogP contribution in [0.5, 0.6) is 0 Å². The SMILES string of the molecule is CCCCCNC(=O)C(CCCCNC(=O)c1ccc(/C=C(\C)c2ccc3c(c2)C(C)(C)CCC3(C)C)cc1)NC(=O)c1ccc(/C=C(\C)c2ccc3c(c2)C(C)(C)CCC3(C)C)cc1. The van der Waals surface area contributed by atoms with Crippen molar-refractivity contribution in [3.05, 3.63) is 141 Å². The standard InChI is InChI=1S/C59H77N3O3/c1-12-13-15-34-61-55(65)52(62-54(64)45-24-20-43(21-25-45)37-41(3)47-27-29-49-51(39-47)59(10,11)33-31-57(49,6)7)17-14-16-35-60-53(63)44-22-18-42(19-23-44)36-40(2)46-26-28-48-50(38-46)58(8,9)32-30-56(48,4)5/h18-29,36-39,52H,12-17,30-35H2,1-11H3,(H,60,63)(H,61,65)(H,62,64)/b40-36+,41-37+. The zero-order valence-corrected chi connectivity index (χ0v) is 41.5. The highest BCUT2D eigenvalue weighted by atomic mass is 16.2. The second kappa shape index (κ2) is 20.5. The van der Waals surface area contributed by atoms with E-state index in [4.69, 9.17) is 0 Å². The highest BCUT2D eigenvalue weighted by Crippen LogP contribution is 2.48. The van der Waals surface area contributed by atoms with Crippen LogP contribution in [0.4, 0.5) is 0 Å². The van der Waals surface area contributed by atoms with E-state index in [-0.39, 0.29) is 39.4 Å². The van der Waals surface area contributed by atoms with Gasteiger partial charge in [0.15, 0.2) is 0 Å². The van der Waals surface area contributed by atoms with Crippen LogP contribution in [0.3, 0.4) is 0 Å². The molecule has 1 unspecified atom stereocenters. The number of nitrogens with one attached hydrogen (secondary N) is 3. The van der Waals surface area contributed by atoms with Gasteiger partial charge in [-0.25, -0.2) is 0 Å². The summed E-state index contributed by atoms with van der Waals surface area (Å²) in [5.41, 5.74) is 14.5. The molecule has 4 aromatic rings. The van der Waals surface area contributed by atoms with Crippen LogP contribution in [0.2, 0.25) is 0 Å². The lowest BCUT2D eigenvalue weighted by Crippen LogP contribution is -2.47. The van der Waals surface area contributed by atoms with Crippen molar-refractivity contribution in [1.82, 2.24) is 16.0 Å². The molecular weight excluding hydrogens is 799 g/mol. The van der Waals surface area contributed by atoms with Crippen LogP contribution < -0.4 is 16.0 Å². The van der Waals surface area contributed by atoms with Gasteiger partial charge in [0.25, 0.3) is 11.8 Å². The Bertz CT molecular complexity index is 2390. The van der Waals surface area contributed by atoms with Crippen molar-refractivity contribution in [2.75, 3.05) is 13.1 Å². The summed E-state index contributed by atoms with van der Waals surface area (Å²) in [5, 5.41) is 9.11. The van der Waals surface area contributed by atoms with Crippen LogP contribution in [0.25, 0.3) is 23.3 Å². The lowest BCUT2D eigenvalue weighted by molar-refractivity contribution is -0.123. The molecule has 0 aliphatic heterocycles. The Hall–Kier alpha value is -5.23. The van der Waals surface area contributed by atoms with E-state index < -0.39 is 6.04 Å². The number of hydrogen-bond donors (Lipinski definition) is 3. The fourth-order valence-corrected chi connectivity index (χ4v) is 9.79. The molecule has 0 fully saturated rings. The number of hydrogen-bond acceptors (Lipinski definition) is 3. The fraction of sp³-hybridized carbons (Fsp3) is 0.475. The van der Waals surface area contributed by atoms with E-state index in [0.29, 0.717) is 43.5 Å². The Morgan fingerprint density at radius 3 is 1.37 bits per heavy atom. The van der Waals surface area contributed by atoms with Crippen molar-refractivity contribution >= 4 is 41.0 Å². The number of rotatable bonds is 17. The van der Waals surface area contributed by atoms with Crippen LogP contribution in [0.1, 0.15) is 206 Å². The van der Waals surface area contributed by atoms with Gasteiger partial charge in [0.05, 0.1) is 0 Å². The van der Waals surface area contributed by atoms with Gasteiger partial charge in [-0.15, -0.1) is 0 Å². The smallest absolute Gasteiger partial charge is 0.251 e. The maximum Gasteiger partial charge on any atom is 0.251 e. The molecule has 0 radical (unpaired) electrons. The van der Waals surface area contributed by atoms with Gasteiger partial charge in [-0.1, -0.05) is 148 Å². The summed E-state index contributed by atoms with van der Waals surface area (Å²) in [4.78, 5) is 40.1. The number of benzene rings is 4. The molecule has 2 aliphatic carbocycles. The Labute approximate surface area is 391 Å². The molecule has 3 amide bonds. The summed E-state index contributed by atoms with van der Waals surface area (Å²) in [6.07, 6.45) is 13.9. The molecule has 6 nitrogen and oxygen atoms in total. The normalized spacial score (nSPS) is 17.6. The van der Waals surface area contributed by atoms with Crippen LogP contribution in [0.15, 0.2) is 84.9 Å². The molecule has 1 atom stereocenters. The minimum atomic E-state index is -0.677. The molecule has 6 rings (SSSR count). The topological polar surface area (TPSA) is 87.3 Å². The summed E-state index contributed by atoms with van der Waals surface area (Å²) >= 11 is 0. The average molecular weight is 876 g/mol. The fourth-order valence-electron chi connectivity index (χ4n) is 9.79. The van der Waals surface area contributed by atoms with E-state index in [1.165, 1.54) is 70.2 Å². The third-order valence-electron chi connectivity index (χ3n) is 14.6. The molecule has 0 saturated carbocycles. The molecule has 0 spiro atoms. The van der Waals surface area contributed by atoms with Crippen molar-refractivity contribution in [3.63, 3.8) is 0 Å². The average Bonchev–Trinajstić information content (AvgIpc) is 3.27. The van der Waals surface area contributed by atoms with E-state index in [1.54, 1.807) is 0 Å². The Balaban J connectivity index is 1.02. The number of fused-ring (bicyclic) bond motifs is 2. The molecule has 0 bridgehead atoms. The van der Waals surface area contributed by atoms with E-state index in [1.807, 2.05) is 48.5 Å². The minimum Gasteiger partial charge on any atom is -0.354 e. The van der Waals surface area contributed by atoms with Crippen molar-refractivity contribution < 1.29 is 14.4 Å². The molecule has 3 N–H and O–H groups in total. The minimum absolute atomic E-state index is 0.125. The van der Waals surface area contributed by atoms with Gasteiger partial charge >= 0.3 is 0 Å². The van der Waals surface area contributed by atoms with Crippen molar-refractivity contribution in [2.24, 2.45) is 0 Å². The molecule has 0 heterocycles. The summed E-state index contributed by atoms with van der Waals surface area (Å²) in [6, 6.07) is 28.6. The first-order valence-corrected chi connectivity index (χ1v) is 24.4. The molecular formula is C59H77N3O3. The Morgan fingerprint density at radius 1 is 0.508 bits per heavy atom. The predicted octanol–water partition coefficient (Wildman–Crippen LogP) is 13.5. The summed E-state index contributed by atoms with van der Waals surface area (Å²) in [7, 11) is 0. The second-order valence-corrected chi connectivity index (χ2v) is 21.7. The van der Waals surface area contributed by atoms with Crippen molar-refractivity contribution in [2.45, 2.75) is 168 Å². The number of carbonyl (C=O) groups excluding carboxylic acids is 3. The van der Waals surface area contributed by atoms with Gasteiger partial charge in [-0.2, -0.15) is 0 Å². The van der Waals surface area contributed by atoms with Crippen LogP contribution >= 0.6 is 0 Å². The third-order valence-corrected chi connectivity index (χ3v) is 14.6. The lowest BCUT2D eigenvalue weighted by atomic mass is 9.63. The van der Waals surface area contributed by atoms with Gasteiger partial charge in [0.1, 0.15) is 6.04 Å². The van der Waals surface area contributed by atoms with E-state index in [0.717, 1.165) is 30.4 Å². The van der Waals surface area contributed by atoms with Gasteiger partial charge < -0.3 is 16.0 Å². The van der Waals surface area contributed by atoms with E-state index in [9.17, 15) is 14.4 Å². The highest BCUT2D eigenvalue weighted by Gasteiger charge is 2.38. The summed E-state index contributed by atoms with van der Waals surface area (Å²) in [6.45, 7) is 26.3. The quantitative estimate of drug-likeness (QED) is 0.0729. The lowest BCUT2D eigenvalue weighted by Gasteiger charge is -2.42. The van der Waals surface area contributed by atoms with Crippen LogP contribution in [-0.4, -0.2) is 36.9 Å². The van der Waals surface area contributed by atoms with Crippen LogP contribution in [0, 0.1) is 0 Å². The number of amides is 3. The monoisotopic (exact) mass is 876 g/mol. The van der Waals surface area contributed by atoms with Gasteiger partial charge in [-0.3, -0.25) is 14.4 Å². The number of allylic oxidation sites excluding steroid dienone is 2. The Kier molecular flexibility index (Phi) is 15.5. The van der Waals surface area contributed by atoms with Gasteiger partial charge in [-0.05, 0) is 167 Å².